The summed E-state index contributed by atoms with van der Waals surface area (Å²) in [5.74, 6) is -2.66. The van der Waals surface area contributed by atoms with Gasteiger partial charge in [0.15, 0.2) is 0 Å². The molecule has 48 heteroatoms. The van der Waals surface area contributed by atoms with Gasteiger partial charge in [-0.15, -0.1) is 12.6 Å². The molecule has 0 aliphatic carbocycles. The van der Waals surface area contributed by atoms with Gasteiger partial charge in [-0.3, -0.25) is 22.1 Å². The summed E-state index contributed by atoms with van der Waals surface area (Å²) in [7, 11) is -33.2. The first-order valence-corrected chi connectivity index (χ1v) is 22.9. The molecule has 0 aromatic carbocycles. The number of aliphatic hydroxyl groups excluding tert-OH is 2. The summed E-state index contributed by atoms with van der Waals surface area (Å²) in [5.41, 5.74) is 14.2. The fourth-order valence-corrected chi connectivity index (χ4v) is 1.98. The average Bonchev–Trinajstić information content (AvgIpc) is 3.63. The second kappa shape index (κ2) is 64.6. The summed E-state index contributed by atoms with van der Waals surface area (Å²) in [6.45, 7) is 0.605. The van der Waals surface area contributed by atoms with Crippen LogP contribution in [0.15, 0.2) is 0 Å². The summed E-state index contributed by atoms with van der Waals surface area (Å²) in [6.07, 6.45) is 0. The Morgan fingerprint density at radius 3 is 0.600 bits per heavy atom. The molecule has 60 heavy (non-hydrogen) atoms. The van der Waals surface area contributed by atoms with Gasteiger partial charge in [-0.1, -0.05) is 0 Å². The van der Waals surface area contributed by atoms with Crippen molar-refractivity contribution < 1.29 is 336 Å². The van der Waals surface area contributed by atoms with E-state index in [1.807, 2.05) is 0 Å². The molecule has 0 aromatic heterocycles. The minimum absolute atomic E-state index is 0. The van der Waals surface area contributed by atoms with Crippen molar-refractivity contribution in [1.82, 2.24) is 6.15 Å². The molecule has 0 radical (unpaired) electrons. The minimum Gasteiger partial charge on any atom is -1.00 e. The van der Waals surface area contributed by atoms with Crippen LogP contribution >= 0.6 is 0 Å². The molecule has 0 bridgehead atoms. The molecule has 33 nitrogen and oxygen atoms in total. The van der Waals surface area contributed by atoms with E-state index in [-0.39, 0.29) is 240 Å². The first-order valence-electron chi connectivity index (χ1n) is 11.3. The Morgan fingerprint density at radius 2 is 0.600 bits per heavy atom. The van der Waals surface area contributed by atoms with Gasteiger partial charge >= 0.3 is 228 Å². The number of epoxide rings is 1. The van der Waals surface area contributed by atoms with E-state index in [1.165, 1.54) is 0 Å². The predicted molar refractivity (Wildman–Crippen MR) is 167 cm³/mol. The predicted octanol–water partition coefficient (Wildman–Crippen LogP) is -30.8. The molecule has 1 aliphatic rings. The quantitative estimate of drug-likeness (QED) is 0.0424. The molecule has 0 amide bonds. The second-order valence-corrected chi connectivity index (χ2v) is 16.6. The van der Waals surface area contributed by atoms with E-state index in [0.29, 0.717) is 0 Å². The van der Waals surface area contributed by atoms with E-state index in [1.54, 1.807) is 0 Å². The molecule has 0 spiro atoms. The van der Waals surface area contributed by atoms with Crippen molar-refractivity contribution in [2.75, 3.05) is 74.8 Å². The van der Waals surface area contributed by atoms with Gasteiger partial charge in [0.05, 0.1) is 95.7 Å². The van der Waals surface area contributed by atoms with E-state index in [2.05, 4.69) is 4.74 Å². The van der Waals surface area contributed by atoms with Crippen molar-refractivity contribution in [3.63, 3.8) is 0 Å². The Kier molecular flexibility index (Phi) is 120. The molecule has 1 fully saturated rings. The number of ether oxygens (including phenoxy) is 1. The zero-order valence-corrected chi connectivity index (χ0v) is 53.8. The van der Waals surface area contributed by atoms with Gasteiger partial charge in [0, 0.05) is 30.0 Å². The van der Waals surface area contributed by atoms with Gasteiger partial charge in [-0.2, -0.15) is 16.8 Å². The molecule has 1 rings (SSSR count). The van der Waals surface area contributed by atoms with Gasteiger partial charge in [0.25, 0.3) is 10.1 Å². The third-order valence-corrected chi connectivity index (χ3v) is 5.59. The smallest absolute Gasteiger partial charge is 1.00 e. The Morgan fingerprint density at radius 1 is 0.467 bits per heavy atom. The molecule has 1 heterocycles. The van der Waals surface area contributed by atoms with Crippen LogP contribution in [0.1, 0.15) is 1.43 Å². The standard InChI is InChI=1S/3C2H7NO3S.2C2H6O4S.C2H4O.H3N.7Na.2H2O4S.O3S.H/c5*3-1-2-7(4,5)6;1-2-3-1;;;;;;;;;2*1-5(2,3)4;1-4(2)3;/h3*1-3H2,(H,4,5,6);2*3H,1-2H2,(H,4,5,6);1-2H2;1H3;;;;;;;;2*(H2,1,2,3,4);;/q;;;;;;;7*+1;;;;-1/p-6. The first kappa shape index (κ1) is 111. The van der Waals surface area contributed by atoms with E-state index in [9.17, 15) is 60.3 Å². The normalized spacial score (nSPS) is 10.4. The van der Waals surface area contributed by atoms with E-state index in [0.717, 1.165) is 13.2 Å². The Hall–Kier alpha value is 5.63. The summed E-state index contributed by atoms with van der Waals surface area (Å²) in [5, 5.41) is 15.6. The molecule has 0 saturated carbocycles. The van der Waals surface area contributed by atoms with Crippen LogP contribution in [0.5, 0.6) is 0 Å². The summed E-state index contributed by atoms with van der Waals surface area (Å²) < 4.78 is 237. The molecule has 0 unspecified atom stereocenters. The third kappa shape index (κ3) is 352. The second-order valence-electron chi connectivity index (χ2n) is 6.82. The maximum atomic E-state index is 9.71. The van der Waals surface area contributed by atoms with Crippen LogP contribution < -0.4 is 230 Å². The largest absolute Gasteiger partial charge is 1.00 e. The van der Waals surface area contributed by atoms with E-state index in [4.69, 9.17) is 79.6 Å². The van der Waals surface area contributed by atoms with Gasteiger partial charge in [0.1, 0.15) is 0 Å². The van der Waals surface area contributed by atoms with Crippen LogP contribution in [-0.2, 0) is 86.7 Å². The number of hydrogen-bond donors (Lipinski definition) is 9. The monoisotopic (exact) mass is 1120 g/mol. The molecule has 1 saturated heterocycles. The Balaban J connectivity index is -0.0000000235. The van der Waals surface area contributed by atoms with Gasteiger partial charge in [0.2, 0.25) is 0 Å². The van der Waals surface area contributed by atoms with Crippen LogP contribution in [0.25, 0.3) is 0 Å². The number of aliphatic hydroxyl groups is 2. The van der Waals surface area contributed by atoms with Crippen molar-refractivity contribution in [2.45, 2.75) is 0 Å². The topological polar surface area (TPSA) is 655 Å². The van der Waals surface area contributed by atoms with Crippen LogP contribution in [-0.4, -0.2) is 198 Å². The van der Waals surface area contributed by atoms with Gasteiger partial charge in [-0.05, 0) is 0 Å². The zero-order valence-electron chi connectivity index (χ0n) is 34.2. The molecule has 0 atom stereocenters. The first-order chi connectivity index (χ1) is 22.5. The molecule has 1 aliphatic heterocycles. The molecule has 14 N–H and O–H groups in total. The van der Waals surface area contributed by atoms with Crippen LogP contribution in [0.2, 0.25) is 0 Å². The molecular weight excluding hydrogens is 1080 g/mol. The SMILES string of the molecule is C1CO1.N.NCCS(=O)(=O)O.NCCS(=O)(=O)[O-].NCCS(=O)(=O)[O-].O=S(=O)(O)O.O=S(=O)([O-])CCO.O=S(=O)([O-])CCO.O=S(=O)([O-])[O-].O=S(=O)=O.[H-].[Na+].[Na+].[Na+].[Na+].[Na+].[Na+].[Na+]. The third-order valence-electron chi connectivity index (χ3n) is 2.00. The van der Waals surface area contributed by atoms with Crippen LogP contribution in [0.4, 0.5) is 0 Å². The minimum atomic E-state index is -5.17. The van der Waals surface area contributed by atoms with Crippen molar-refractivity contribution in [2.24, 2.45) is 17.2 Å². The maximum absolute atomic E-state index is 9.71. The van der Waals surface area contributed by atoms with E-state index < -0.39 is 118 Å². The average molecular weight is 1120 g/mol. The number of nitrogens with two attached hydrogens (primary N) is 3. The van der Waals surface area contributed by atoms with E-state index >= 15 is 0 Å². The summed E-state index contributed by atoms with van der Waals surface area (Å²) in [4.78, 5) is 0. The van der Waals surface area contributed by atoms with Crippen LogP contribution in [0.3, 0.4) is 0 Å². The number of hydrogen-bond acceptors (Lipinski definition) is 30. The Labute approximate surface area is 506 Å². The maximum Gasteiger partial charge on any atom is 1.00 e. The molecule has 336 valence electrons. The summed E-state index contributed by atoms with van der Waals surface area (Å²) in [6, 6.07) is 0. The fourth-order valence-electron chi connectivity index (χ4n) is 0.661. The zero-order chi connectivity index (χ0) is 44.3. The number of rotatable bonds is 10. The van der Waals surface area contributed by atoms with Gasteiger partial charge in [-0.25, -0.2) is 33.7 Å². The van der Waals surface area contributed by atoms with Crippen molar-refractivity contribution in [1.29, 1.82) is 0 Å². The molecular formula is C12H39N4Na7O29S8. The van der Waals surface area contributed by atoms with Crippen molar-refractivity contribution in [3.8, 4) is 0 Å². The summed E-state index contributed by atoms with van der Waals surface area (Å²) >= 11 is 0. The van der Waals surface area contributed by atoms with Crippen LogP contribution in [0, 0.1) is 0 Å². The molecule has 0 aromatic rings. The van der Waals surface area contributed by atoms with Gasteiger partial charge < -0.3 is 67.0 Å². The fraction of sp³-hybridized carbons (Fsp3) is 1.00. The van der Waals surface area contributed by atoms with Crippen molar-refractivity contribution >= 4 is 82.0 Å². The Bertz CT molecular complexity index is 1530. The van der Waals surface area contributed by atoms with Crippen molar-refractivity contribution in [3.05, 3.63) is 0 Å².